The predicted molar refractivity (Wildman–Crippen MR) is 142 cm³/mol. The van der Waals surface area contributed by atoms with Gasteiger partial charge in [-0.2, -0.15) is 5.10 Å². The summed E-state index contributed by atoms with van der Waals surface area (Å²) in [7, 11) is 0. The van der Waals surface area contributed by atoms with E-state index in [-0.39, 0.29) is 18.4 Å². The summed E-state index contributed by atoms with van der Waals surface area (Å²) in [6.45, 7) is 6.97. The van der Waals surface area contributed by atoms with Crippen molar-refractivity contribution in [2.24, 2.45) is 5.10 Å². The second-order valence-electron chi connectivity index (χ2n) is 9.26. The zero-order chi connectivity index (χ0) is 24.4. The second-order valence-corrected chi connectivity index (χ2v) is 10.2. The first kappa shape index (κ1) is 23.7. The molecule has 2 aliphatic rings. The van der Waals surface area contributed by atoms with Gasteiger partial charge in [0.1, 0.15) is 17.2 Å². The molecule has 0 unspecified atom stereocenters. The molecule has 6 heteroatoms. The van der Waals surface area contributed by atoms with Crippen LogP contribution in [0.15, 0.2) is 76.3 Å². The fourth-order valence-corrected chi connectivity index (χ4v) is 4.89. The van der Waals surface area contributed by atoms with Crippen LogP contribution in [0.4, 0.5) is 0 Å². The van der Waals surface area contributed by atoms with Crippen molar-refractivity contribution < 1.29 is 14.2 Å². The Morgan fingerprint density at radius 2 is 1.77 bits per heavy atom. The summed E-state index contributed by atoms with van der Waals surface area (Å²) in [4.78, 5) is 0. The number of hydrazone groups is 1. The molecule has 0 radical (unpaired) electrons. The third-order valence-corrected chi connectivity index (χ3v) is 6.74. The van der Waals surface area contributed by atoms with Crippen LogP contribution in [0.1, 0.15) is 69.0 Å². The van der Waals surface area contributed by atoms with Gasteiger partial charge in [-0.15, -0.1) is 0 Å². The molecule has 0 aliphatic carbocycles. The van der Waals surface area contributed by atoms with Crippen molar-refractivity contribution in [3.63, 3.8) is 0 Å². The van der Waals surface area contributed by atoms with Crippen LogP contribution in [0.25, 0.3) is 0 Å². The molecular formula is C29H31BrN2O3. The molecule has 0 N–H and O–H groups in total. The predicted octanol–water partition coefficient (Wildman–Crippen LogP) is 7.66. The van der Waals surface area contributed by atoms with Crippen molar-refractivity contribution in [2.45, 2.75) is 58.4 Å². The van der Waals surface area contributed by atoms with E-state index in [2.05, 4.69) is 58.2 Å². The number of hydrogen-bond acceptors (Lipinski definition) is 5. The van der Waals surface area contributed by atoms with E-state index in [0.717, 1.165) is 70.0 Å². The fraction of sp³-hybridized carbons (Fsp3) is 0.345. The Bertz CT molecular complexity index is 1190. The summed E-state index contributed by atoms with van der Waals surface area (Å²) in [6, 6.07) is 22.7. The molecule has 0 saturated heterocycles. The van der Waals surface area contributed by atoms with Crippen LogP contribution in [0.2, 0.25) is 0 Å². The van der Waals surface area contributed by atoms with Gasteiger partial charge in [-0.25, -0.2) is 5.01 Å². The highest BCUT2D eigenvalue weighted by Crippen LogP contribution is 2.48. The van der Waals surface area contributed by atoms with E-state index in [0.29, 0.717) is 0 Å². The highest BCUT2D eigenvalue weighted by atomic mass is 79.9. The molecule has 3 aromatic rings. The van der Waals surface area contributed by atoms with E-state index in [1.165, 1.54) is 0 Å². The molecule has 0 bridgehead atoms. The number of unbranched alkanes of at least 4 members (excludes halogenated alkanes) is 1. The second kappa shape index (κ2) is 10.3. The van der Waals surface area contributed by atoms with E-state index in [1.807, 2.05) is 50.2 Å². The SMILES string of the molecule is CCCCOc1ccc([C@@H]2Oc3ccc(Br)cc3[C@@H]3CC(c4ccc(OC(C)C)cc4)=NN32)cc1. The molecule has 5 rings (SSSR count). The molecule has 35 heavy (non-hydrogen) atoms. The molecule has 0 amide bonds. The van der Waals surface area contributed by atoms with E-state index < -0.39 is 0 Å². The average molecular weight is 535 g/mol. The molecule has 0 spiro atoms. The minimum Gasteiger partial charge on any atom is -0.494 e. The molecule has 2 aliphatic heterocycles. The van der Waals surface area contributed by atoms with Crippen molar-refractivity contribution in [3.05, 3.63) is 87.9 Å². The van der Waals surface area contributed by atoms with Crippen molar-refractivity contribution in [1.82, 2.24) is 5.01 Å². The minimum absolute atomic E-state index is 0.100. The standard InChI is InChI=1S/C29H31BrN2O3/c1-4-5-16-33-23-11-8-21(9-12-23)29-32-27(25-17-22(30)10-15-28(25)35-29)18-26(31-32)20-6-13-24(14-7-20)34-19(2)3/h6-15,17,19,27,29H,4-5,16,18H2,1-3H3/t27-,29-/m0/s1. The van der Waals surface area contributed by atoms with Crippen LogP contribution in [0.3, 0.4) is 0 Å². The molecule has 3 aromatic carbocycles. The zero-order valence-corrected chi connectivity index (χ0v) is 22.0. The summed E-state index contributed by atoms with van der Waals surface area (Å²) in [5.74, 6) is 2.66. The van der Waals surface area contributed by atoms with Gasteiger partial charge in [0, 0.05) is 22.0 Å². The van der Waals surface area contributed by atoms with Gasteiger partial charge in [0.05, 0.1) is 24.5 Å². The topological polar surface area (TPSA) is 43.3 Å². The highest BCUT2D eigenvalue weighted by molar-refractivity contribution is 9.10. The first-order chi connectivity index (χ1) is 17.0. The van der Waals surface area contributed by atoms with E-state index in [1.54, 1.807) is 0 Å². The van der Waals surface area contributed by atoms with Crippen LogP contribution in [-0.4, -0.2) is 23.4 Å². The summed E-state index contributed by atoms with van der Waals surface area (Å²) < 4.78 is 19.2. The third-order valence-electron chi connectivity index (χ3n) is 6.24. The smallest absolute Gasteiger partial charge is 0.213 e. The van der Waals surface area contributed by atoms with Crippen LogP contribution in [-0.2, 0) is 0 Å². The zero-order valence-electron chi connectivity index (χ0n) is 20.4. The number of hydrogen-bond donors (Lipinski definition) is 0. The molecule has 2 atom stereocenters. The lowest BCUT2D eigenvalue weighted by molar-refractivity contribution is -0.0191. The number of halogens is 1. The van der Waals surface area contributed by atoms with E-state index in [4.69, 9.17) is 19.3 Å². The first-order valence-electron chi connectivity index (χ1n) is 12.3. The molecule has 2 heterocycles. The van der Waals surface area contributed by atoms with Crippen molar-refractivity contribution in [3.8, 4) is 17.2 Å². The van der Waals surface area contributed by atoms with Gasteiger partial charge in [0.2, 0.25) is 6.23 Å². The molecule has 0 aromatic heterocycles. The monoisotopic (exact) mass is 534 g/mol. The Balaban J connectivity index is 1.44. The summed E-state index contributed by atoms with van der Waals surface area (Å²) in [5.41, 5.74) is 4.35. The normalized spacial score (nSPS) is 18.5. The number of ether oxygens (including phenoxy) is 3. The Labute approximate surface area is 215 Å². The number of benzene rings is 3. The maximum Gasteiger partial charge on any atom is 0.213 e. The quantitative estimate of drug-likeness (QED) is 0.278. The molecular weight excluding hydrogens is 504 g/mol. The van der Waals surface area contributed by atoms with Gasteiger partial charge >= 0.3 is 0 Å². The highest BCUT2D eigenvalue weighted by Gasteiger charge is 2.41. The Hall–Kier alpha value is -2.99. The van der Waals surface area contributed by atoms with Gasteiger partial charge in [-0.1, -0.05) is 29.3 Å². The summed E-state index contributed by atoms with van der Waals surface area (Å²) in [6.07, 6.45) is 2.83. The molecule has 0 fully saturated rings. The van der Waals surface area contributed by atoms with Gasteiger partial charge in [0.25, 0.3) is 0 Å². The average Bonchev–Trinajstić information content (AvgIpc) is 3.30. The maximum atomic E-state index is 6.51. The van der Waals surface area contributed by atoms with Gasteiger partial charge in [-0.3, -0.25) is 0 Å². The lowest BCUT2D eigenvalue weighted by Crippen LogP contribution is -2.33. The van der Waals surface area contributed by atoms with Crippen molar-refractivity contribution in [2.75, 3.05) is 6.61 Å². The Morgan fingerprint density at radius 3 is 2.49 bits per heavy atom. The van der Waals surface area contributed by atoms with Crippen LogP contribution < -0.4 is 14.2 Å². The number of fused-ring (bicyclic) bond motifs is 3. The summed E-state index contributed by atoms with van der Waals surface area (Å²) >= 11 is 3.63. The maximum absolute atomic E-state index is 6.51. The van der Waals surface area contributed by atoms with Crippen LogP contribution >= 0.6 is 15.9 Å². The van der Waals surface area contributed by atoms with E-state index >= 15 is 0 Å². The van der Waals surface area contributed by atoms with Gasteiger partial charge in [-0.05, 0) is 92.6 Å². The largest absolute Gasteiger partial charge is 0.494 e. The lowest BCUT2D eigenvalue weighted by Gasteiger charge is -2.38. The Morgan fingerprint density at radius 1 is 1.03 bits per heavy atom. The lowest BCUT2D eigenvalue weighted by atomic mass is 9.96. The summed E-state index contributed by atoms with van der Waals surface area (Å²) in [5, 5.41) is 7.18. The first-order valence-corrected chi connectivity index (χ1v) is 13.1. The van der Waals surface area contributed by atoms with Gasteiger partial charge in [0.15, 0.2) is 0 Å². The number of rotatable bonds is 8. The Kier molecular flexibility index (Phi) is 7.00. The van der Waals surface area contributed by atoms with Crippen molar-refractivity contribution in [1.29, 1.82) is 0 Å². The molecule has 5 nitrogen and oxygen atoms in total. The van der Waals surface area contributed by atoms with Gasteiger partial charge < -0.3 is 14.2 Å². The number of nitrogens with zero attached hydrogens (tertiary/aromatic N) is 2. The molecule has 182 valence electrons. The molecule has 0 saturated carbocycles. The van der Waals surface area contributed by atoms with E-state index in [9.17, 15) is 0 Å². The van der Waals surface area contributed by atoms with Crippen LogP contribution in [0.5, 0.6) is 17.2 Å². The van der Waals surface area contributed by atoms with Crippen LogP contribution in [0, 0.1) is 0 Å². The fourth-order valence-electron chi connectivity index (χ4n) is 4.51. The minimum atomic E-state index is -0.306. The third kappa shape index (κ3) is 5.18. The van der Waals surface area contributed by atoms with Crippen molar-refractivity contribution >= 4 is 21.6 Å².